The lowest BCUT2D eigenvalue weighted by molar-refractivity contribution is -0.127. The van der Waals surface area contributed by atoms with Crippen molar-refractivity contribution < 1.29 is 9.90 Å². The van der Waals surface area contributed by atoms with Crippen LogP contribution in [0.15, 0.2) is 0 Å². The van der Waals surface area contributed by atoms with Crippen LogP contribution in [0.4, 0.5) is 0 Å². The van der Waals surface area contributed by atoms with Crippen molar-refractivity contribution in [1.82, 2.24) is 4.90 Å². The van der Waals surface area contributed by atoms with Gasteiger partial charge in [-0.1, -0.05) is 13.3 Å². The summed E-state index contributed by atoms with van der Waals surface area (Å²) in [5.41, 5.74) is 0. The van der Waals surface area contributed by atoms with Gasteiger partial charge in [0.15, 0.2) is 0 Å². The molecule has 1 N–H and O–H groups in total. The van der Waals surface area contributed by atoms with Crippen molar-refractivity contribution in [2.24, 2.45) is 5.92 Å². The number of hydrogen-bond donors (Lipinski definition) is 1. The molecule has 1 aliphatic heterocycles. The molecule has 1 aliphatic rings. The van der Waals surface area contributed by atoms with Gasteiger partial charge in [-0.25, -0.2) is 0 Å². The maximum atomic E-state index is 11.2. The normalized spacial score (nSPS) is 19.5. The van der Waals surface area contributed by atoms with Crippen molar-refractivity contribution in [1.29, 1.82) is 0 Å². The van der Waals surface area contributed by atoms with Gasteiger partial charge in [-0.15, -0.1) is 0 Å². The van der Waals surface area contributed by atoms with Crippen molar-refractivity contribution in [3.63, 3.8) is 0 Å². The summed E-state index contributed by atoms with van der Waals surface area (Å²) in [6.45, 7) is 4.07. The third-order valence-corrected chi connectivity index (χ3v) is 2.81. The van der Waals surface area contributed by atoms with E-state index < -0.39 is 0 Å². The number of rotatable bonds is 5. The molecule has 1 unspecified atom stereocenters. The molecule has 1 heterocycles. The molecule has 0 aromatic carbocycles. The van der Waals surface area contributed by atoms with Crippen LogP contribution in [0, 0.1) is 5.92 Å². The average molecular weight is 185 g/mol. The molecule has 0 aromatic rings. The quantitative estimate of drug-likeness (QED) is 0.694. The Kier molecular flexibility index (Phi) is 4.22. The highest BCUT2D eigenvalue weighted by atomic mass is 16.3. The second-order valence-electron chi connectivity index (χ2n) is 3.73. The highest BCUT2D eigenvalue weighted by molar-refractivity contribution is 5.77. The molecular formula is C10H19NO2. The molecule has 3 heteroatoms. The van der Waals surface area contributed by atoms with Gasteiger partial charge in [-0.3, -0.25) is 4.79 Å². The molecule has 3 nitrogen and oxygen atoms in total. The zero-order valence-corrected chi connectivity index (χ0v) is 8.33. The summed E-state index contributed by atoms with van der Waals surface area (Å²) in [4.78, 5) is 13.1. The number of carbonyl (C=O) groups excluding carboxylic acids is 1. The summed E-state index contributed by atoms with van der Waals surface area (Å²) < 4.78 is 0. The number of nitrogens with zero attached hydrogens (tertiary/aromatic N) is 1. The zero-order valence-electron chi connectivity index (χ0n) is 8.33. The van der Waals surface area contributed by atoms with Crippen LogP contribution in [0.3, 0.4) is 0 Å². The van der Waals surface area contributed by atoms with Gasteiger partial charge in [-0.05, 0) is 18.8 Å². The van der Waals surface area contributed by atoms with E-state index in [1.54, 1.807) is 0 Å². The largest absolute Gasteiger partial charge is 0.396 e. The van der Waals surface area contributed by atoms with E-state index >= 15 is 0 Å². The van der Waals surface area contributed by atoms with Crippen LogP contribution in [0.1, 0.15) is 32.6 Å². The van der Waals surface area contributed by atoms with Crippen LogP contribution in [-0.4, -0.2) is 35.6 Å². The van der Waals surface area contributed by atoms with Crippen LogP contribution in [0.25, 0.3) is 0 Å². The van der Waals surface area contributed by atoms with Crippen LogP contribution in [0.2, 0.25) is 0 Å². The number of likely N-dealkylation sites (tertiary alicyclic amines) is 1. The van der Waals surface area contributed by atoms with Gasteiger partial charge in [0, 0.05) is 26.1 Å². The van der Waals surface area contributed by atoms with Gasteiger partial charge < -0.3 is 10.0 Å². The van der Waals surface area contributed by atoms with E-state index in [1.807, 2.05) is 4.90 Å². The maximum Gasteiger partial charge on any atom is 0.222 e. The van der Waals surface area contributed by atoms with E-state index in [1.165, 1.54) is 0 Å². The number of amides is 1. The highest BCUT2D eigenvalue weighted by Crippen LogP contribution is 2.13. The molecule has 0 spiro atoms. The Labute approximate surface area is 79.7 Å². The van der Waals surface area contributed by atoms with Crippen LogP contribution in [-0.2, 0) is 4.79 Å². The number of hydrogen-bond acceptors (Lipinski definition) is 2. The summed E-state index contributed by atoms with van der Waals surface area (Å²) in [7, 11) is 0. The molecule has 1 fully saturated rings. The Bertz CT molecular complexity index is 166. The van der Waals surface area contributed by atoms with E-state index in [2.05, 4.69) is 6.92 Å². The molecule has 1 rings (SSSR count). The minimum absolute atomic E-state index is 0.249. The Morgan fingerprint density at radius 3 is 2.85 bits per heavy atom. The SMILES string of the molecule is CCC(CO)CCN1CCCC1=O. The third-order valence-electron chi connectivity index (χ3n) is 2.81. The predicted octanol–water partition coefficient (Wildman–Crippen LogP) is 1.02. The summed E-state index contributed by atoms with van der Waals surface area (Å²) in [5, 5.41) is 8.96. The highest BCUT2D eigenvalue weighted by Gasteiger charge is 2.20. The Morgan fingerprint density at radius 1 is 1.62 bits per heavy atom. The van der Waals surface area contributed by atoms with Crippen molar-refractivity contribution >= 4 is 5.91 Å². The fraction of sp³-hybridized carbons (Fsp3) is 0.900. The molecule has 0 aliphatic carbocycles. The summed E-state index contributed by atoms with van der Waals surface area (Å²) in [5.74, 6) is 0.654. The number of aliphatic hydroxyl groups excluding tert-OH is 1. The first-order valence-electron chi connectivity index (χ1n) is 5.16. The first kappa shape index (κ1) is 10.5. The minimum atomic E-state index is 0.249. The van der Waals surface area contributed by atoms with E-state index in [9.17, 15) is 4.79 Å². The fourth-order valence-electron chi connectivity index (χ4n) is 1.70. The number of carbonyl (C=O) groups is 1. The summed E-state index contributed by atoms with van der Waals surface area (Å²) >= 11 is 0. The molecule has 1 amide bonds. The van der Waals surface area contributed by atoms with E-state index in [-0.39, 0.29) is 12.5 Å². The Balaban J connectivity index is 2.20. The molecular weight excluding hydrogens is 166 g/mol. The smallest absolute Gasteiger partial charge is 0.222 e. The van der Waals surface area contributed by atoms with Crippen molar-refractivity contribution in [3.05, 3.63) is 0 Å². The van der Waals surface area contributed by atoms with Crippen LogP contribution >= 0.6 is 0 Å². The standard InChI is InChI=1S/C10H19NO2/c1-2-9(8-12)5-7-11-6-3-4-10(11)13/h9,12H,2-8H2,1H3. The zero-order chi connectivity index (χ0) is 9.68. The second-order valence-corrected chi connectivity index (χ2v) is 3.73. The van der Waals surface area contributed by atoms with Gasteiger partial charge in [0.1, 0.15) is 0 Å². The summed E-state index contributed by atoms with van der Waals surface area (Å²) in [6, 6.07) is 0. The second kappa shape index (κ2) is 5.22. The van der Waals surface area contributed by atoms with E-state index in [0.717, 1.165) is 38.8 Å². The van der Waals surface area contributed by atoms with E-state index in [0.29, 0.717) is 5.92 Å². The molecule has 0 bridgehead atoms. The lowest BCUT2D eigenvalue weighted by Crippen LogP contribution is -2.27. The van der Waals surface area contributed by atoms with Crippen LogP contribution < -0.4 is 0 Å². The lowest BCUT2D eigenvalue weighted by atomic mass is 10.0. The molecule has 1 atom stereocenters. The molecule has 0 saturated carbocycles. The molecule has 0 aromatic heterocycles. The fourth-order valence-corrected chi connectivity index (χ4v) is 1.70. The van der Waals surface area contributed by atoms with Gasteiger partial charge in [0.25, 0.3) is 0 Å². The summed E-state index contributed by atoms with van der Waals surface area (Å²) in [6.07, 6.45) is 3.67. The van der Waals surface area contributed by atoms with Crippen LogP contribution in [0.5, 0.6) is 0 Å². The molecule has 0 radical (unpaired) electrons. The van der Waals surface area contributed by atoms with Gasteiger partial charge in [-0.2, -0.15) is 0 Å². The monoisotopic (exact) mass is 185 g/mol. The van der Waals surface area contributed by atoms with E-state index in [4.69, 9.17) is 5.11 Å². The topological polar surface area (TPSA) is 40.5 Å². The lowest BCUT2D eigenvalue weighted by Gasteiger charge is -2.18. The maximum absolute atomic E-state index is 11.2. The predicted molar refractivity (Wildman–Crippen MR) is 51.3 cm³/mol. The molecule has 1 saturated heterocycles. The van der Waals surface area contributed by atoms with Crippen molar-refractivity contribution in [3.8, 4) is 0 Å². The Hall–Kier alpha value is -0.570. The van der Waals surface area contributed by atoms with Crippen molar-refractivity contribution in [2.75, 3.05) is 19.7 Å². The number of aliphatic hydroxyl groups is 1. The average Bonchev–Trinajstić information content (AvgIpc) is 2.54. The van der Waals surface area contributed by atoms with Crippen molar-refractivity contribution in [2.45, 2.75) is 32.6 Å². The molecule has 76 valence electrons. The third kappa shape index (κ3) is 2.99. The van der Waals surface area contributed by atoms with Gasteiger partial charge in [0.05, 0.1) is 0 Å². The minimum Gasteiger partial charge on any atom is -0.396 e. The Morgan fingerprint density at radius 2 is 2.38 bits per heavy atom. The first-order valence-corrected chi connectivity index (χ1v) is 5.16. The first-order chi connectivity index (χ1) is 6.27. The molecule has 13 heavy (non-hydrogen) atoms. The van der Waals surface area contributed by atoms with Gasteiger partial charge in [0.2, 0.25) is 5.91 Å². The van der Waals surface area contributed by atoms with Gasteiger partial charge >= 0.3 is 0 Å².